The number of fused-ring (bicyclic) bond motifs is 1. The molecule has 1 aliphatic carbocycles. The predicted octanol–water partition coefficient (Wildman–Crippen LogP) is 2.55. The van der Waals surface area contributed by atoms with E-state index in [9.17, 15) is 4.79 Å². The summed E-state index contributed by atoms with van der Waals surface area (Å²) in [6.45, 7) is 6.85. The SMILES string of the molecule is CN=C(NCC1(C(=O)N(C)C)CCCC1)NCC(C)(C)c1ccc2c(c1)OCCO2. The Labute approximate surface area is 180 Å². The highest BCUT2D eigenvalue weighted by Gasteiger charge is 2.42. The Kier molecular flexibility index (Phi) is 6.78. The normalized spacial score (nSPS) is 18.1. The topological polar surface area (TPSA) is 75.2 Å². The van der Waals surface area contributed by atoms with Crippen LogP contribution >= 0.6 is 0 Å². The lowest BCUT2D eigenvalue weighted by atomic mass is 9.84. The van der Waals surface area contributed by atoms with Gasteiger partial charge >= 0.3 is 0 Å². The van der Waals surface area contributed by atoms with Crippen LogP contribution in [0.25, 0.3) is 0 Å². The van der Waals surface area contributed by atoms with E-state index in [1.165, 1.54) is 5.56 Å². The Balaban J connectivity index is 1.61. The molecule has 2 aliphatic rings. The molecular weight excluding hydrogens is 380 g/mol. The number of hydrogen-bond donors (Lipinski definition) is 2. The first-order valence-electron chi connectivity index (χ1n) is 10.8. The van der Waals surface area contributed by atoms with Crippen LogP contribution in [0.1, 0.15) is 45.1 Å². The van der Waals surface area contributed by atoms with E-state index >= 15 is 0 Å². The molecule has 1 aromatic carbocycles. The third kappa shape index (κ3) is 4.82. The van der Waals surface area contributed by atoms with E-state index in [2.05, 4.69) is 41.6 Å². The van der Waals surface area contributed by atoms with Crippen molar-refractivity contribution in [2.24, 2.45) is 10.4 Å². The van der Waals surface area contributed by atoms with Gasteiger partial charge in [-0.2, -0.15) is 0 Å². The lowest BCUT2D eigenvalue weighted by Crippen LogP contribution is -2.50. The predicted molar refractivity (Wildman–Crippen MR) is 119 cm³/mol. The van der Waals surface area contributed by atoms with Crippen molar-refractivity contribution in [1.29, 1.82) is 0 Å². The number of nitrogens with zero attached hydrogens (tertiary/aromatic N) is 2. The first-order chi connectivity index (χ1) is 14.3. The van der Waals surface area contributed by atoms with Gasteiger partial charge in [-0.15, -0.1) is 0 Å². The number of guanidine groups is 1. The maximum Gasteiger partial charge on any atom is 0.230 e. The largest absolute Gasteiger partial charge is 0.486 e. The first kappa shape index (κ1) is 22.2. The first-order valence-corrected chi connectivity index (χ1v) is 10.8. The van der Waals surface area contributed by atoms with Crippen molar-refractivity contribution in [2.45, 2.75) is 44.9 Å². The Morgan fingerprint density at radius 2 is 1.80 bits per heavy atom. The van der Waals surface area contributed by atoms with E-state index in [4.69, 9.17) is 9.47 Å². The van der Waals surface area contributed by atoms with Gasteiger partial charge < -0.3 is 25.0 Å². The van der Waals surface area contributed by atoms with Crippen LogP contribution in [0.2, 0.25) is 0 Å². The zero-order chi connectivity index (χ0) is 21.8. The van der Waals surface area contributed by atoms with Crippen LogP contribution in [0.15, 0.2) is 23.2 Å². The number of aliphatic imine (C=N–C) groups is 1. The fourth-order valence-electron chi connectivity index (χ4n) is 4.34. The molecule has 1 aromatic rings. The van der Waals surface area contributed by atoms with Gasteiger partial charge in [0.2, 0.25) is 5.91 Å². The van der Waals surface area contributed by atoms with Crippen molar-refractivity contribution in [3.8, 4) is 11.5 Å². The maximum absolute atomic E-state index is 12.8. The highest BCUT2D eigenvalue weighted by molar-refractivity contribution is 5.85. The molecule has 166 valence electrons. The second-order valence-corrected chi connectivity index (χ2v) is 9.21. The van der Waals surface area contributed by atoms with Gasteiger partial charge in [-0.05, 0) is 30.5 Å². The number of nitrogens with one attached hydrogen (secondary N) is 2. The molecular formula is C23H36N4O3. The summed E-state index contributed by atoms with van der Waals surface area (Å²) < 4.78 is 11.4. The Bertz CT molecular complexity index is 783. The van der Waals surface area contributed by atoms with Gasteiger partial charge in [0.1, 0.15) is 13.2 Å². The molecule has 1 amide bonds. The minimum absolute atomic E-state index is 0.141. The van der Waals surface area contributed by atoms with Gasteiger partial charge in [0, 0.05) is 39.6 Å². The van der Waals surface area contributed by atoms with E-state index in [0.29, 0.717) is 26.3 Å². The van der Waals surface area contributed by atoms with Gasteiger partial charge in [-0.1, -0.05) is 32.8 Å². The average Bonchev–Trinajstić information content (AvgIpc) is 3.23. The zero-order valence-electron chi connectivity index (χ0n) is 19.0. The number of ether oxygens (including phenoxy) is 2. The fourth-order valence-corrected chi connectivity index (χ4v) is 4.34. The van der Waals surface area contributed by atoms with Crippen molar-refractivity contribution < 1.29 is 14.3 Å². The highest BCUT2D eigenvalue weighted by atomic mass is 16.6. The number of carbonyl (C=O) groups excluding carboxylic acids is 1. The third-order valence-corrected chi connectivity index (χ3v) is 6.26. The summed E-state index contributed by atoms with van der Waals surface area (Å²) in [5.74, 6) is 2.54. The summed E-state index contributed by atoms with van der Waals surface area (Å²) in [5.41, 5.74) is 0.703. The molecule has 1 heterocycles. The van der Waals surface area contributed by atoms with Crippen LogP contribution in [-0.4, -0.2) is 64.2 Å². The third-order valence-electron chi connectivity index (χ3n) is 6.26. The molecule has 0 radical (unpaired) electrons. The molecule has 1 fully saturated rings. The highest BCUT2D eigenvalue weighted by Crippen LogP contribution is 2.39. The second-order valence-electron chi connectivity index (χ2n) is 9.21. The molecule has 3 rings (SSSR count). The number of benzene rings is 1. The average molecular weight is 417 g/mol. The molecule has 7 nitrogen and oxygen atoms in total. The van der Waals surface area contributed by atoms with E-state index in [0.717, 1.165) is 43.1 Å². The number of hydrogen-bond acceptors (Lipinski definition) is 4. The molecule has 0 aromatic heterocycles. The molecule has 0 saturated heterocycles. The second kappa shape index (κ2) is 9.14. The quantitative estimate of drug-likeness (QED) is 0.551. The van der Waals surface area contributed by atoms with Crippen molar-refractivity contribution in [2.75, 3.05) is 47.4 Å². The summed E-state index contributed by atoms with van der Waals surface area (Å²) in [4.78, 5) is 18.9. The summed E-state index contributed by atoms with van der Waals surface area (Å²) in [6.07, 6.45) is 4.06. The van der Waals surface area contributed by atoms with Gasteiger partial charge in [0.25, 0.3) is 0 Å². The van der Waals surface area contributed by atoms with Crippen LogP contribution < -0.4 is 20.1 Å². The van der Waals surface area contributed by atoms with E-state index in [-0.39, 0.29) is 16.7 Å². The lowest BCUT2D eigenvalue weighted by Gasteiger charge is -2.32. The van der Waals surface area contributed by atoms with Gasteiger partial charge in [0.05, 0.1) is 5.41 Å². The maximum atomic E-state index is 12.8. The van der Waals surface area contributed by atoms with Crippen LogP contribution in [0.3, 0.4) is 0 Å². The minimum Gasteiger partial charge on any atom is -0.486 e. The van der Waals surface area contributed by atoms with Crippen LogP contribution in [0.4, 0.5) is 0 Å². The standard InChI is InChI=1S/C23H36N4O3/c1-22(2,17-8-9-18-19(14-17)30-13-12-29-18)15-25-21(24-3)26-16-23(10-6-7-11-23)20(28)27(4)5/h8-9,14H,6-7,10-13,15-16H2,1-5H3,(H2,24,25,26). The van der Waals surface area contributed by atoms with Gasteiger partial charge in [-0.25, -0.2) is 0 Å². The molecule has 1 aliphatic heterocycles. The zero-order valence-corrected chi connectivity index (χ0v) is 19.0. The summed E-state index contributed by atoms with van der Waals surface area (Å²) in [7, 11) is 5.44. The molecule has 0 unspecified atom stereocenters. The fraction of sp³-hybridized carbons (Fsp3) is 0.652. The van der Waals surface area contributed by atoms with Crippen molar-refractivity contribution in [3.63, 3.8) is 0 Å². The lowest BCUT2D eigenvalue weighted by molar-refractivity contribution is -0.138. The smallest absolute Gasteiger partial charge is 0.230 e. The Morgan fingerprint density at radius 1 is 1.13 bits per heavy atom. The van der Waals surface area contributed by atoms with Gasteiger partial charge in [-0.3, -0.25) is 9.79 Å². The van der Waals surface area contributed by atoms with E-state index in [1.807, 2.05) is 20.2 Å². The number of amides is 1. The number of rotatable bonds is 6. The van der Waals surface area contributed by atoms with E-state index in [1.54, 1.807) is 11.9 Å². The molecule has 1 saturated carbocycles. The van der Waals surface area contributed by atoms with Crippen LogP contribution in [0, 0.1) is 5.41 Å². The summed E-state index contributed by atoms with van der Waals surface area (Å²) >= 11 is 0. The minimum atomic E-state index is -0.327. The molecule has 30 heavy (non-hydrogen) atoms. The molecule has 0 atom stereocenters. The van der Waals surface area contributed by atoms with Crippen molar-refractivity contribution in [3.05, 3.63) is 23.8 Å². The Morgan fingerprint density at radius 3 is 2.43 bits per heavy atom. The Hall–Kier alpha value is -2.44. The van der Waals surface area contributed by atoms with E-state index < -0.39 is 0 Å². The number of carbonyl (C=O) groups is 1. The van der Waals surface area contributed by atoms with Crippen LogP contribution in [0.5, 0.6) is 11.5 Å². The van der Waals surface area contributed by atoms with Crippen molar-refractivity contribution in [1.82, 2.24) is 15.5 Å². The van der Waals surface area contributed by atoms with Gasteiger partial charge in [0.15, 0.2) is 17.5 Å². The molecule has 0 spiro atoms. The molecule has 0 bridgehead atoms. The summed E-state index contributed by atoms with van der Waals surface area (Å²) in [6, 6.07) is 6.14. The van der Waals surface area contributed by atoms with Crippen molar-refractivity contribution >= 4 is 11.9 Å². The summed E-state index contributed by atoms with van der Waals surface area (Å²) in [5, 5.41) is 6.85. The molecule has 2 N–H and O–H groups in total. The molecule has 7 heteroatoms. The van der Waals surface area contributed by atoms with Crippen LogP contribution in [-0.2, 0) is 10.2 Å². The monoisotopic (exact) mass is 416 g/mol.